The van der Waals surface area contributed by atoms with Crippen molar-refractivity contribution in [2.75, 3.05) is 30.9 Å². The highest BCUT2D eigenvalue weighted by atomic mass is 79.9. The van der Waals surface area contributed by atoms with Gasteiger partial charge in [-0.1, -0.05) is 119 Å². The van der Waals surface area contributed by atoms with Crippen LogP contribution in [-0.2, 0) is 51.3 Å². The van der Waals surface area contributed by atoms with E-state index >= 15 is 0 Å². The fraction of sp³-hybridized carbons (Fsp3) is 0.196. The number of halogens is 7. The number of primary amides is 1. The number of aldehydes is 3. The minimum absolute atomic E-state index is 0.0422. The van der Waals surface area contributed by atoms with Gasteiger partial charge in [0.25, 0.3) is 5.91 Å². The molecule has 678 valence electrons. The first kappa shape index (κ1) is 101. The number of amides is 1. The average Bonchev–Trinajstić information content (AvgIpc) is 1.55. The number of fused-ring (bicyclic) bond motifs is 6. The van der Waals surface area contributed by atoms with Crippen LogP contribution in [0.15, 0.2) is 245 Å². The number of phenolic OH excluding ortho intramolecular Hbond substituents is 1. The Morgan fingerprint density at radius 1 is 0.447 bits per heavy atom. The zero-order valence-electron chi connectivity index (χ0n) is 73.0. The lowest BCUT2D eigenvalue weighted by atomic mass is 10.0. The topological polar surface area (TPSA) is 388 Å². The van der Waals surface area contributed by atoms with Crippen molar-refractivity contribution in [1.82, 2.24) is 0 Å². The summed E-state index contributed by atoms with van der Waals surface area (Å²) in [6.07, 6.45) is -4.41. The lowest BCUT2D eigenvalue weighted by molar-refractivity contribution is -0.145. The second kappa shape index (κ2) is 48.9. The molecule has 0 aliphatic rings. The molecule has 6 heterocycles. The van der Waals surface area contributed by atoms with Gasteiger partial charge < -0.3 is 62.6 Å². The number of rotatable bonds is 18. The number of nitriles is 4. The molecule has 0 aliphatic heterocycles. The number of ether oxygens (including phenoxy) is 3. The van der Waals surface area contributed by atoms with Crippen LogP contribution < -0.4 is 21.5 Å². The normalized spacial score (nSPS) is 10.5. The number of esters is 2. The van der Waals surface area contributed by atoms with E-state index in [1.807, 2.05) is 164 Å². The summed E-state index contributed by atoms with van der Waals surface area (Å²) in [6, 6.07) is 69.7. The molecule has 10 aromatic carbocycles. The maximum absolute atomic E-state index is 13.3. The predicted octanol–water partition coefficient (Wildman–Crippen LogP) is 25.1. The molecule has 0 unspecified atom stereocenters. The molecule has 0 aliphatic carbocycles. The van der Waals surface area contributed by atoms with Crippen LogP contribution in [0.3, 0.4) is 0 Å². The number of nitrogens with two attached hydrogens (primary N) is 2. The summed E-state index contributed by atoms with van der Waals surface area (Å²) < 4.78 is 123. The molecule has 23 nitrogen and oxygen atoms in total. The van der Waals surface area contributed by atoms with Gasteiger partial charge >= 0.3 is 24.3 Å². The Bertz CT molecular complexity index is 6910. The largest absolute Gasteiger partial charge is 0.507 e. The van der Waals surface area contributed by atoms with Gasteiger partial charge in [-0.05, 0) is 229 Å². The molecule has 0 fully saturated rings. The number of carbonyl (C=O) groups is 6. The number of aryl methyl sites for hydroxylation is 7. The number of aromatic hydroxyl groups is 1. The third-order valence-electron chi connectivity index (χ3n) is 18.8. The van der Waals surface area contributed by atoms with Crippen LogP contribution in [0, 0.1) is 79.9 Å². The number of carbonyl (C=O) groups excluding carboxylic acids is 6. The van der Waals surface area contributed by atoms with E-state index in [2.05, 4.69) is 21.2 Å². The first-order valence-corrected chi connectivity index (χ1v) is 41.9. The summed E-state index contributed by atoms with van der Waals surface area (Å²) >= 11 is 3.37. The molecule has 0 saturated heterocycles. The van der Waals surface area contributed by atoms with Gasteiger partial charge in [-0.3, -0.25) is 19.2 Å². The molecule has 30 heteroatoms. The zero-order chi connectivity index (χ0) is 96.4. The monoisotopic (exact) mass is 1860 g/mol. The lowest BCUT2D eigenvalue weighted by Gasteiger charge is -2.15. The molecule has 132 heavy (non-hydrogen) atoms. The SMILES string of the molecule is CCCc1cc(N)ccc1C(F)(F)F.CCCc1ccc(NCc2ccc3oc(C#N)cc3c2)cc1C(F)(F)F.CCOC(=O)COc1ccc(C)cc1C=O.CCOC(=O)c1cc2cc(C)ccc2o1.Cc1ccc(O)c(C=O)c1.Cc1ccc2oc(C#N)cc2c1.Cc1ccc2oc(C(N)=O)cc2c1.N#Cc1cc2cc(C=O)ccc2o1.N#Cc1cc2cc(CBr)ccc2o1. The van der Waals surface area contributed by atoms with Gasteiger partial charge in [0.05, 0.1) is 35.5 Å². The number of hydrogen-bond donors (Lipinski definition) is 4. The highest BCUT2D eigenvalue weighted by Gasteiger charge is 2.34. The number of nitrogens with one attached hydrogen (secondary N) is 1. The molecule has 6 aromatic heterocycles. The number of alkyl halides is 7. The molecular weight excluding hydrogens is 1770 g/mol. The van der Waals surface area contributed by atoms with Crippen molar-refractivity contribution in [3.05, 3.63) is 331 Å². The molecule has 6 N–H and O–H groups in total. The summed E-state index contributed by atoms with van der Waals surface area (Å²) in [6.45, 7) is 17.8. The van der Waals surface area contributed by atoms with Gasteiger partial charge in [-0.2, -0.15) is 47.4 Å². The molecule has 0 atom stereocenters. The van der Waals surface area contributed by atoms with E-state index in [4.69, 9.17) is 78.3 Å². The van der Waals surface area contributed by atoms with Crippen molar-refractivity contribution in [1.29, 1.82) is 21.0 Å². The average molecular weight is 1860 g/mol. The number of nitrogens with zero attached hydrogens (tertiary/aromatic N) is 4. The maximum atomic E-state index is 13.3. The molecular formula is C102H90BrF6N7O16. The number of anilines is 2. The second-order valence-electron chi connectivity index (χ2n) is 29.2. The third-order valence-corrected chi connectivity index (χ3v) is 19.5. The Balaban J connectivity index is 0.000000185. The lowest BCUT2D eigenvalue weighted by Crippen LogP contribution is -2.15. The Labute approximate surface area is 763 Å². The van der Waals surface area contributed by atoms with E-state index in [1.54, 1.807) is 105 Å². The van der Waals surface area contributed by atoms with Crippen LogP contribution >= 0.6 is 15.9 Å². The van der Waals surface area contributed by atoms with Crippen molar-refractivity contribution in [2.45, 2.75) is 112 Å². The highest BCUT2D eigenvalue weighted by Crippen LogP contribution is 2.37. The number of benzene rings is 10. The summed E-state index contributed by atoms with van der Waals surface area (Å²) in [4.78, 5) is 64.6. The second-order valence-corrected chi connectivity index (χ2v) is 29.7. The summed E-state index contributed by atoms with van der Waals surface area (Å²) in [5, 5.41) is 52.8. The summed E-state index contributed by atoms with van der Waals surface area (Å²) in [7, 11) is 0. The smallest absolute Gasteiger partial charge is 0.416 e. The Kier molecular flexibility index (Phi) is 37.6. The van der Waals surface area contributed by atoms with Crippen LogP contribution in [-0.4, -0.2) is 61.6 Å². The molecule has 16 rings (SSSR count). The predicted molar refractivity (Wildman–Crippen MR) is 492 cm³/mol. The first-order chi connectivity index (χ1) is 63.1. The fourth-order valence-corrected chi connectivity index (χ4v) is 13.0. The standard InChI is InChI=1S/C20H17F3N2O.C12H14O4.C12H12O3.C10H6BrNO.C10H12F3N.C10H9NO2.C10H5NO2.C10H7NO.C8H8O2/c1-2-3-14-5-6-16(10-18(14)20(21,22)23)25-12-13-4-7-19-15(8-13)9-17(11-24)26-19;1-3-15-12(14)8-16-11-5-4-9(2)6-10(11)7-13;1-3-14-12(13)11-7-9-6-8(2)4-5-10(9)15-11;11-5-7-1-2-10-8(3-7)4-9(6-12)13-10;1-2-3-7-6-8(14)4-5-9(7)10(11,12)13;1-6-2-3-8-7(4-6)5-9(13-8)10(11)12;11-5-9-4-8-3-7(6-12)1-2-10(8)13-9;1-7-2-3-10-8(4-7)5-9(6-11)12-10;1-6-2-3-8(10)7(4-6)5-9/h4-10,25H,2-3,12H2,1H3;4-7H,3,8H2,1-2H3;4-7H,3H2,1-2H3;1-4H,5H2;4-6H,2-3,14H2,1H3;2-5H,1H3,(H2,11,12);1-4,6H;2-5H,1H3;2-5,10H,1H3. The van der Waals surface area contributed by atoms with Gasteiger partial charge in [-0.15, -0.1) is 0 Å². The van der Waals surface area contributed by atoms with Crippen LogP contribution in [0.25, 0.3) is 65.8 Å². The minimum atomic E-state index is -4.37. The molecule has 0 radical (unpaired) electrons. The van der Waals surface area contributed by atoms with E-state index in [0.29, 0.717) is 131 Å². The number of phenols is 1. The minimum Gasteiger partial charge on any atom is -0.507 e. The highest BCUT2D eigenvalue weighted by molar-refractivity contribution is 9.08. The van der Waals surface area contributed by atoms with Crippen LogP contribution in [0.5, 0.6) is 11.5 Å². The molecule has 0 saturated carbocycles. The number of hydrogen-bond acceptors (Lipinski definition) is 22. The van der Waals surface area contributed by atoms with Crippen LogP contribution in [0.1, 0.15) is 177 Å². The van der Waals surface area contributed by atoms with Crippen molar-refractivity contribution in [3.8, 4) is 35.8 Å². The van der Waals surface area contributed by atoms with Gasteiger partial charge in [-0.25, -0.2) is 9.59 Å². The van der Waals surface area contributed by atoms with Crippen LogP contribution in [0.4, 0.5) is 37.7 Å². The number of nitrogen functional groups attached to an aromatic ring is 1. The van der Waals surface area contributed by atoms with Gasteiger partial charge in [0.1, 0.15) is 75.6 Å². The fourth-order valence-electron chi connectivity index (χ4n) is 12.7. The van der Waals surface area contributed by atoms with E-state index in [1.165, 1.54) is 35.4 Å². The van der Waals surface area contributed by atoms with Crippen molar-refractivity contribution >= 4 is 130 Å². The van der Waals surface area contributed by atoms with E-state index in [0.717, 1.165) is 95.0 Å². The van der Waals surface area contributed by atoms with E-state index < -0.39 is 41.3 Å². The Morgan fingerprint density at radius 2 is 0.871 bits per heavy atom. The van der Waals surface area contributed by atoms with Crippen molar-refractivity contribution in [2.24, 2.45) is 5.73 Å². The first-order valence-electron chi connectivity index (χ1n) is 40.8. The van der Waals surface area contributed by atoms with E-state index in [-0.39, 0.29) is 41.0 Å². The third kappa shape index (κ3) is 30.1. The van der Waals surface area contributed by atoms with Gasteiger partial charge in [0.2, 0.25) is 28.8 Å². The zero-order valence-corrected chi connectivity index (χ0v) is 74.6. The number of furan rings is 6. The maximum Gasteiger partial charge on any atom is 0.416 e. The Morgan fingerprint density at radius 3 is 1.34 bits per heavy atom. The van der Waals surface area contributed by atoms with Gasteiger partial charge in [0.15, 0.2) is 24.9 Å². The molecule has 0 bridgehead atoms. The van der Waals surface area contributed by atoms with E-state index in [9.17, 15) is 55.1 Å². The molecule has 1 amide bonds. The quantitative estimate of drug-likeness (QED) is 0.0204. The van der Waals surface area contributed by atoms with Crippen molar-refractivity contribution in [3.63, 3.8) is 0 Å². The van der Waals surface area contributed by atoms with Crippen molar-refractivity contribution < 1.29 is 101 Å². The summed E-state index contributed by atoms with van der Waals surface area (Å²) in [5.74, 6) is 0.745. The van der Waals surface area contributed by atoms with Crippen LogP contribution in [0.2, 0.25) is 0 Å². The Hall–Kier alpha value is -15.9. The van der Waals surface area contributed by atoms with Gasteiger partial charge in [0, 0.05) is 85.4 Å². The summed E-state index contributed by atoms with van der Waals surface area (Å²) in [5.41, 5.74) is 23.7. The molecule has 0 spiro atoms. The molecule has 16 aromatic rings.